The van der Waals surface area contributed by atoms with Gasteiger partial charge in [0.15, 0.2) is 0 Å². The Balaban J connectivity index is 0.000000671. The lowest BCUT2D eigenvalue weighted by molar-refractivity contribution is 0.0300. The third-order valence-corrected chi connectivity index (χ3v) is 3.51. The van der Waals surface area contributed by atoms with Crippen LogP contribution in [0.25, 0.3) is 0 Å². The molecular formula is C12H27N. The Bertz CT molecular complexity index is 133. The van der Waals surface area contributed by atoms with E-state index in [0.29, 0.717) is 5.41 Å². The van der Waals surface area contributed by atoms with Gasteiger partial charge in [0.2, 0.25) is 0 Å². The maximum Gasteiger partial charge on any atom is 0.00347 e. The zero-order valence-corrected chi connectivity index (χ0v) is 10.4. The second-order valence-electron chi connectivity index (χ2n) is 4.42. The minimum absolute atomic E-state index is 0.630. The second kappa shape index (κ2) is 5.64. The lowest BCUT2D eigenvalue weighted by atomic mass is 9.62. The molecule has 0 saturated heterocycles. The molecule has 1 unspecified atom stereocenters. The highest BCUT2D eigenvalue weighted by atomic mass is 15.1. The van der Waals surface area contributed by atoms with Gasteiger partial charge < -0.3 is 4.90 Å². The van der Waals surface area contributed by atoms with Gasteiger partial charge in [0.1, 0.15) is 0 Å². The molecule has 0 amide bonds. The van der Waals surface area contributed by atoms with Crippen molar-refractivity contribution in [2.75, 3.05) is 20.1 Å². The predicted octanol–water partition coefficient (Wildman–Crippen LogP) is 3.40. The van der Waals surface area contributed by atoms with Crippen molar-refractivity contribution in [1.29, 1.82) is 0 Å². The third-order valence-electron chi connectivity index (χ3n) is 3.51. The van der Waals surface area contributed by atoms with E-state index >= 15 is 0 Å². The third kappa shape index (κ3) is 3.30. The van der Waals surface area contributed by atoms with Gasteiger partial charge in [-0.1, -0.05) is 34.6 Å². The van der Waals surface area contributed by atoms with E-state index in [1.54, 1.807) is 0 Å². The van der Waals surface area contributed by atoms with Gasteiger partial charge in [-0.2, -0.15) is 0 Å². The molecular weight excluding hydrogens is 158 g/mol. The summed E-state index contributed by atoms with van der Waals surface area (Å²) in [7, 11) is 2.22. The van der Waals surface area contributed by atoms with Crippen LogP contribution in [0.2, 0.25) is 0 Å². The average molecular weight is 185 g/mol. The van der Waals surface area contributed by atoms with Gasteiger partial charge in [-0.05, 0) is 37.8 Å². The summed E-state index contributed by atoms with van der Waals surface area (Å²) in [5.41, 5.74) is 0.630. The first-order valence-electron chi connectivity index (χ1n) is 5.77. The summed E-state index contributed by atoms with van der Waals surface area (Å²) >= 11 is 0. The van der Waals surface area contributed by atoms with Gasteiger partial charge in [0.05, 0.1) is 0 Å². The van der Waals surface area contributed by atoms with Crippen molar-refractivity contribution in [2.45, 2.75) is 47.5 Å². The van der Waals surface area contributed by atoms with E-state index < -0.39 is 0 Å². The highest BCUT2D eigenvalue weighted by Gasteiger charge is 2.39. The molecule has 80 valence electrons. The van der Waals surface area contributed by atoms with Crippen molar-refractivity contribution >= 4 is 0 Å². The molecule has 2 atom stereocenters. The predicted molar refractivity (Wildman–Crippen MR) is 61.0 cm³/mol. The van der Waals surface area contributed by atoms with Crippen LogP contribution in [0, 0.1) is 11.3 Å². The molecule has 1 rings (SSSR count). The summed E-state index contributed by atoms with van der Waals surface area (Å²) in [6, 6.07) is 0. The van der Waals surface area contributed by atoms with E-state index in [0.717, 1.165) is 5.92 Å². The standard InChI is InChI=1S/C10H21N.C2H6/c1-5-11(4)8-10(3)7-6-9(10)2;1-2/h9H,5-8H2,1-4H3;1-2H3/t9?,10-;/m1./s1. The van der Waals surface area contributed by atoms with Crippen LogP contribution in [-0.4, -0.2) is 25.0 Å². The van der Waals surface area contributed by atoms with Crippen LogP contribution in [0.4, 0.5) is 0 Å². The highest BCUT2D eigenvalue weighted by molar-refractivity contribution is 4.91. The minimum Gasteiger partial charge on any atom is -0.306 e. The zero-order chi connectivity index (χ0) is 10.5. The summed E-state index contributed by atoms with van der Waals surface area (Å²) in [6.45, 7) is 13.5. The fourth-order valence-electron chi connectivity index (χ4n) is 1.89. The van der Waals surface area contributed by atoms with E-state index in [1.165, 1.54) is 25.9 Å². The molecule has 1 nitrogen and oxygen atoms in total. The Morgan fingerprint density at radius 1 is 1.38 bits per heavy atom. The number of nitrogens with zero attached hydrogens (tertiary/aromatic N) is 1. The van der Waals surface area contributed by atoms with Crippen LogP contribution in [0.1, 0.15) is 47.5 Å². The molecule has 13 heavy (non-hydrogen) atoms. The Labute approximate surface area is 84.5 Å². The molecule has 0 aliphatic heterocycles. The molecule has 0 radical (unpaired) electrons. The summed E-state index contributed by atoms with van der Waals surface area (Å²) in [5, 5.41) is 0. The van der Waals surface area contributed by atoms with Crippen LogP contribution >= 0.6 is 0 Å². The Hall–Kier alpha value is -0.0400. The van der Waals surface area contributed by atoms with Crippen molar-refractivity contribution in [1.82, 2.24) is 4.90 Å². The van der Waals surface area contributed by atoms with Gasteiger partial charge in [0.25, 0.3) is 0 Å². The van der Waals surface area contributed by atoms with Crippen molar-refractivity contribution in [3.05, 3.63) is 0 Å². The number of hydrogen-bond acceptors (Lipinski definition) is 1. The fourth-order valence-corrected chi connectivity index (χ4v) is 1.89. The molecule has 0 bridgehead atoms. The molecule has 1 aliphatic rings. The Kier molecular flexibility index (Phi) is 5.62. The molecule has 1 aliphatic carbocycles. The van der Waals surface area contributed by atoms with E-state index in [1.807, 2.05) is 13.8 Å². The zero-order valence-electron chi connectivity index (χ0n) is 10.4. The van der Waals surface area contributed by atoms with E-state index in [-0.39, 0.29) is 0 Å². The highest BCUT2D eigenvalue weighted by Crippen LogP contribution is 2.46. The SMILES string of the molecule is CC.CCN(C)C[C@@]1(C)CCC1C. The molecule has 0 N–H and O–H groups in total. The lowest BCUT2D eigenvalue weighted by Gasteiger charge is -2.47. The summed E-state index contributed by atoms with van der Waals surface area (Å²) in [6.07, 6.45) is 2.87. The average Bonchev–Trinajstić information content (AvgIpc) is 2.18. The molecule has 1 fully saturated rings. The molecule has 1 saturated carbocycles. The molecule has 0 aromatic carbocycles. The van der Waals surface area contributed by atoms with Crippen LogP contribution in [0.5, 0.6) is 0 Å². The topological polar surface area (TPSA) is 3.24 Å². The molecule has 0 spiro atoms. The van der Waals surface area contributed by atoms with Gasteiger partial charge in [-0.15, -0.1) is 0 Å². The first-order chi connectivity index (χ1) is 6.08. The first-order valence-corrected chi connectivity index (χ1v) is 5.77. The summed E-state index contributed by atoms with van der Waals surface area (Å²) < 4.78 is 0. The van der Waals surface area contributed by atoms with E-state index in [9.17, 15) is 0 Å². The van der Waals surface area contributed by atoms with E-state index in [4.69, 9.17) is 0 Å². The molecule has 0 heterocycles. The van der Waals surface area contributed by atoms with Crippen molar-refractivity contribution in [3.8, 4) is 0 Å². The van der Waals surface area contributed by atoms with Gasteiger partial charge in [0, 0.05) is 6.54 Å². The Morgan fingerprint density at radius 3 is 2.15 bits per heavy atom. The normalized spacial score (nSPS) is 32.1. The number of hydrogen-bond donors (Lipinski definition) is 0. The first kappa shape index (κ1) is 13.0. The quantitative estimate of drug-likeness (QED) is 0.651. The Morgan fingerprint density at radius 2 is 1.92 bits per heavy atom. The summed E-state index contributed by atoms with van der Waals surface area (Å²) in [5.74, 6) is 0.941. The molecule has 1 heteroatoms. The fraction of sp³-hybridized carbons (Fsp3) is 1.00. The maximum atomic E-state index is 2.43. The molecule has 0 aromatic rings. The van der Waals surface area contributed by atoms with Crippen LogP contribution in [-0.2, 0) is 0 Å². The molecule has 0 aromatic heterocycles. The maximum absolute atomic E-state index is 2.43. The van der Waals surface area contributed by atoms with Crippen molar-refractivity contribution in [2.24, 2.45) is 11.3 Å². The second-order valence-corrected chi connectivity index (χ2v) is 4.42. The number of rotatable bonds is 3. The van der Waals surface area contributed by atoms with Crippen LogP contribution < -0.4 is 0 Å². The smallest absolute Gasteiger partial charge is 0.00347 e. The summed E-state index contributed by atoms with van der Waals surface area (Å²) in [4.78, 5) is 2.43. The largest absolute Gasteiger partial charge is 0.306 e. The van der Waals surface area contributed by atoms with Crippen LogP contribution in [0.15, 0.2) is 0 Å². The van der Waals surface area contributed by atoms with Crippen molar-refractivity contribution < 1.29 is 0 Å². The van der Waals surface area contributed by atoms with Gasteiger partial charge in [-0.25, -0.2) is 0 Å². The van der Waals surface area contributed by atoms with Crippen molar-refractivity contribution in [3.63, 3.8) is 0 Å². The minimum atomic E-state index is 0.630. The van der Waals surface area contributed by atoms with Gasteiger partial charge >= 0.3 is 0 Å². The van der Waals surface area contributed by atoms with E-state index in [2.05, 4.69) is 32.7 Å². The monoisotopic (exact) mass is 185 g/mol. The van der Waals surface area contributed by atoms with Crippen LogP contribution in [0.3, 0.4) is 0 Å². The van der Waals surface area contributed by atoms with Gasteiger partial charge in [-0.3, -0.25) is 0 Å². The lowest BCUT2D eigenvalue weighted by Crippen LogP contribution is -2.44.